The van der Waals surface area contributed by atoms with Crippen molar-refractivity contribution in [2.75, 3.05) is 6.54 Å². The van der Waals surface area contributed by atoms with E-state index in [9.17, 15) is 14.4 Å². The molecule has 0 radical (unpaired) electrons. The largest absolute Gasteiger partial charge is 0.444 e. The number of aldehydes is 1. The van der Waals surface area contributed by atoms with Crippen LogP contribution in [-0.4, -0.2) is 45.7 Å². The molecule has 1 aliphatic rings. The van der Waals surface area contributed by atoms with Gasteiger partial charge < -0.3 is 14.4 Å². The van der Waals surface area contributed by atoms with E-state index in [4.69, 9.17) is 9.47 Å². The van der Waals surface area contributed by atoms with Crippen molar-refractivity contribution in [3.05, 3.63) is 23.0 Å². The summed E-state index contributed by atoms with van der Waals surface area (Å²) in [6, 6.07) is 1.63. The van der Waals surface area contributed by atoms with Crippen molar-refractivity contribution in [1.82, 2.24) is 9.47 Å². The molecule has 0 N–H and O–H groups in total. The molecule has 1 aromatic rings. The van der Waals surface area contributed by atoms with Gasteiger partial charge in [-0.2, -0.15) is 0 Å². The predicted molar refractivity (Wildman–Crippen MR) is 91.8 cm³/mol. The first-order chi connectivity index (χ1) is 11.4. The highest BCUT2D eigenvalue weighted by molar-refractivity contribution is 5.84. The van der Waals surface area contributed by atoms with Crippen LogP contribution >= 0.6 is 0 Å². The van der Waals surface area contributed by atoms with Crippen LogP contribution in [0, 0.1) is 0 Å². The summed E-state index contributed by atoms with van der Waals surface area (Å²) in [5, 5.41) is 0. The lowest BCUT2D eigenvalue weighted by Gasteiger charge is -2.30. The minimum Gasteiger partial charge on any atom is -0.444 e. The molecule has 138 valence electrons. The molecule has 0 aliphatic carbocycles. The highest BCUT2D eigenvalue weighted by atomic mass is 16.6. The first-order valence-electron chi connectivity index (χ1n) is 8.31. The maximum Gasteiger partial charge on any atom is 0.419 e. The molecule has 0 bridgehead atoms. The number of hydrogen-bond acceptors (Lipinski definition) is 5. The van der Waals surface area contributed by atoms with Gasteiger partial charge in [-0.05, 0) is 53.2 Å². The van der Waals surface area contributed by atoms with Crippen LogP contribution in [0.4, 0.5) is 9.59 Å². The van der Waals surface area contributed by atoms with Crippen molar-refractivity contribution in [1.29, 1.82) is 0 Å². The number of carbonyl (C=O) groups excluding carboxylic acids is 3. The third kappa shape index (κ3) is 4.61. The van der Waals surface area contributed by atoms with E-state index >= 15 is 0 Å². The minimum atomic E-state index is -0.661. The Bertz CT molecular complexity index is 692. The van der Waals surface area contributed by atoms with Gasteiger partial charge >= 0.3 is 12.2 Å². The fourth-order valence-electron chi connectivity index (χ4n) is 2.65. The van der Waals surface area contributed by atoms with Gasteiger partial charge in [0.05, 0.1) is 12.2 Å². The second-order valence-electron chi connectivity index (χ2n) is 8.13. The van der Waals surface area contributed by atoms with Crippen LogP contribution < -0.4 is 0 Å². The third-order valence-corrected chi connectivity index (χ3v) is 3.55. The normalized spacial score (nSPS) is 14.7. The second kappa shape index (κ2) is 6.54. The van der Waals surface area contributed by atoms with Gasteiger partial charge in [-0.1, -0.05) is 0 Å². The molecule has 25 heavy (non-hydrogen) atoms. The van der Waals surface area contributed by atoms with Crippen molar-refractivity contribution in [3.8, 4) is 0 Å². The summed E-state index contributed by atoms with van der Waals surface area (Å²) >= 11 is 0. The molecule has 0 aromatic carbocycles. The lowest BCUT2D eigenvalue weighted by molar-refractivity contribution is 0.0222. The zero-order valence-corrected chi connectivity index (χ0v) is 15.7. The van der Waals surface area contributed by atoms with Crippen LogP contribution in [0.15, 0.2) is 6.07 Å². The molecule has 2 rings (SSSR count). The summed E-state index contributed by atoms with van der Waals surface area (Å²) in [6.45, 7) is 11.4. The zero-order chi connectivity index (χ0) is 19.0. The summed E-state index contributed by atoms with van der Waals surface area (Å²) in [5.74, 6) is 0. The lowest BCUT2D eigenvalue weighted by atomic mass is 10.1. The number of rotatable bonds is 1. The lowest BCUT2D eigenvalue weighted by Crippen LogP contribution is -2.40. The number of aromatic nitrogens is 1. The molecule has 0 atom stereocenters. The smallest absolute Gasteiger partial charge is 0.419 e. The number of ether oxygens (including phenoxy) is 2. The molecule has 7 heteroatoms. The highest BCUT2D eigenvalue weighted by Crippen LogP contribution is 2.25. The Morgan fingerprint density at radius 3 is 2.12 bits per heavy atom. The maximum absolute atomic E-state index is 12.5. The van der Waals surface area contributed by atoms with E-state index in [1.165, 1.54) is 4.57 Å². The summed E-state index contributed by atoms with van der Waals surface area (Å²) < 4.78 is 12.1. The van der Waals surface area contributed by atoms with Gasteiger partial charge in [0.2, 0.25) is 0 Å². The Labute approximate surface area is 147 Å². The molecule has 0 fully saturated rings. The van der Waals surface area contributed by atoms with Gasteiger partial charge in [-0.25, -0.2) is 14.2 Å². The molecular weight excluding hydrogens is 324 g/mol. The van der Waals surface area contributed by atoms with Gasteiger partial charge in [0.15, 0.2) is 6.29 Å². The van der Waals surface area contributed by atoms with Gasteiger partial charge in [0, 0.05) is 18.7 Å². The summed E-state index contributed by atoms with van der Waals surface area (Å²) in [5.41, 5.74) is 0.450. The number of hydrogen-bond donors (Lipinski definition) is 0. The fraction of sp³-hybridized carbons (Fsp3) is 0.611. The molecule has 0 saturated heterocycles. The van der Waals surface area contributed by atoms with Crippen molar-refractivity contribution < 1.29 is 23.9 Å². The maximum atomic E-state index is 12.5. The molecule has 2 heterocycles. The van der Waals surface area contributed by atoms with Crippen molar-refractivity contribution in [3.63, 3.8) is 0 Å². The van der Waals surface area contributed by atoms with Gasteiger partial charge in [0.1, 0.15) is 11.2 Å². The van der Waals surface area contributed by atoms with Crippen LogP contribution in [0.3, 0.4) is 0 Å². The first kappa shape index (κ1) is 19.0. The molecular formula is C18H26N2O5. The Balaban J connectivity index is 2.26. The van der Waals surface area contributed by atoms with Crippen molar-refractivity contribution in [2.24, 2.45) is 0 Å². The molecule has 0 spiro atoms. The SMILES string of the molecule is CC(C)(C)OC(=O)N1CCc2c(cc(C=O)n2C(=O)OC(C)(C)C)C1. The first-order valence-corrected chi connectivity index (χ1v) is 8.31. The number of amides is 1. The van der Waals surface area contributed by atoms with E-state index < -0.39 is 23.4 Å². The number of carbonyl (C=O) groups is 3. The Morgan fingerprint density at radius 2 is 1.60 bits per heavy atom. The Hall–Kier alpha value is -2.31. The molecule has 0 saturated carbocycles. The molecule has 1 aromatic heterocycles. The topological polar surface area (TPSA) is 77.8 Å². The van der Waals surface area contributed by atoms with E-state index in [-0.39, 0.29) is 5.69 Å². The number of nitrogens with zero attached hydrogens (tertiary/aromatic N) is 2. The van der Waals surface area contributed by atoms with E-state index in [0.29, 0.717) is 31.5 Å². The second-order valence-corrected chi connectivity index (χ2v) is 8.13. The van der Waals surface area contributed by atoms with Gasteiger partial charge in [-0.15, -0.1) is 0 Å². The van der Waals surface area contributed by atoms with Gasteiger partial charge in [0.25, 0.3) is 0 Å². The molecule has 0 unspecified atom stereocenters. The molecule has 1 aliphatic heterocycles. The molecule has 1 amide bonds. The van der Waals surface area contributed by atoms with E-state index in [0.717, 1.165) is 5.56 Å². The van der Waals surface area contributed by atoms with E-state index in [2.05, 4.69) is 0 Å². The minimum absolute atomic E-state index is 0.227. The average Bonchev–Trinajstić information content (AvgIpc) is 2.81. The van der Waals surface area contributed by atoms with Crippen LogP contribution in [0.1, 0.15) is 63.3 Å². The quantitative estimate of drug-likeness (QED) is 0.726. The van der Waals surface area contributed by atoms with Crippen LogP contribution in [-0.2, 0) is 22.4 Å². The monoisotopic (exact) mass is 350 g/mol. The predicted octanol–water partition coefficient (Wildman–Crippen LogP) is 3.38. The zero-order valence-electron chi connectivity index (χ0n) is 15.7. The highest BCUT2D eigenvalue weighted by Gasteiger charge is 2.31. The van der Waals surface area contributed by atoms with Crippen molar-refractivity contribution in [2.45, 2.75) is 65.7 Å². The van der Waals surface area contributed by atoms with E-state index in [1.807, 2.05) is 20.8 Å². The third-order valence-electron chi connectivity index (χ3n) is 3.55. The standard InChI is InChI=1S/C18H26N2O5/c1-17(2,3)24-15(22)19-8-7-14-12(10-19)9-13(11-21)20(14)16(23)25-18(4,5)6/h9,11H,7-8,10H2,1-6H3. The molecule has 7 nitrogen and oxygen atoms in total. The van der Waals surface area contributed by atoms with Crippen LogP contribution in [0.5, 0.6) is 0 Å². The van der Waals surface area contributed by atoms with Crippen LogP contribution in [0.2, 0.25) is 0 Å². The van der Waals surface area contributed by atoms with Crippen molar-refractivity contribution >= 4 is 18.5 Å². The number of fused-ring (bicyclic) bond motifs is 1. The summed E-state index contributed by atoms with van der Waals surface area (Å²) in [4.78, 5) is 37.7. The Morgan fingerprint density at radius 1 is 1.04 bits per heavy atom. The van der Waals surface area contributed by atoms with Crippen LogP contribution in [0.25, 0.3) is 0 Å². The van der Waals surface area contributed by atoms with Gasteiger partial charge in [-0.3, -0.25) is 4.79 Å². The Kier molecular flexibility index (Phi) is 4.97. The van der Waals surface area contributed by atoms with E-state index in [1.54, 1.807) is 31.7 Å². The average molecular weight is 350 g/mol. The fourth-order valence-corrected chi connectivity index (χ4v) is 2.65. The summed E-state index contributed by atoms with van der Waals surface area (Å²) in [6.07, 6.45) is 0.0826. The summed E-state index contributed by atoms with van der Waals surface area (Å²) in [7, 11) is 0.